The molecule has 0 bridgehead atoms. The van der Waals surface area contributed by atoms with Gasteiger partial charge < -0.3 is 64.7 Å². The first-order valence-electron chi connectivity index (χ1n) is 8.87. The van der Waals surface area contributed by atoms with Crippen LogP contribution in [-0.2, 0) is 38.3 Å². The summed E-state index contributed by atoms with van der Waals surface area (Å²) in [6.07, 6.45) is -19.6. The van der Waals surface area contributed by atoms with Crippen molar-refractivity contribution in [2.24, 2.45) is 5.73 Å². The molecule has 0 unspecified atom stereocenters. The molecule has 0 aliphatic carbocycles. The Morgan fingerprint density at radius 2 is 1.55 bits per heavy atom. The van der Waals surface area contributed by atoms with E-state index in [4.69, 9.17) is 24.7 Å². The quantitative estimate of drug-likeness (QED) is 0.0929. The molecule has 2 aliphatic rings. The van der Waals surface area contributed by atoms with Crippen molar-refractivity contribution in [2.75, 3.05) is 19.8 Å². The van der Waals surface area contributed by atoms with Crippen LogP contribution in [-0.4, -0.2) is 126 Å². The van der Waals surface area contributed by atoms with Crippen molar-refractivity contribution in [3.63, 3.8) is 0 Å². The molecule has 182 valence electrons. The number of carboxylic acid groups (broad SMARTS) is 1. The monoisotopic (exact) mass is 523 g/mol. The molecule has 0 radical (unpaired) electrons. The van der Waals surface area contributed by atoms with Crippen molar-refractivity contribution in [1.29, 1.82) is 0 Å². The average molecular weight is 523 g/mol. The average Bonchev–Trinajstić information content (AvgIpc) is 2.68. The Morgan fingerprint density at radius 3 is 2.03 bits per heavy atom. The molecule has 0 aromatic rings. The third-order valence-electron chi connectivity index (χ3n) is 4.52. The molecule has 2 fully saturated rings. The predicted molar refractivity (Wildman–Crippen MR) is 87.9 cm³/mol. The van der Waals surface area contributed by atoms with Crippen LogP contribution >= 0.6 is 0 Å². The van der Waals surface area contributed by atoms with Gasteiger partial charge in [-0.15, -0.1) is 0 Å². The van der Waals surface area contributed by atoms with Crippen LogP contribution in [0.5, 0.6) is 0 Å². The molecule has 2 rings (SSSR count). The van der Waals surface area contributed by atoms with E-state index in [0.717, 1.165) is 0 Å². The maximum Gasteiger partial charge on any atom is 1.00 e. The van der Waals surface area contributed by atoms with Gasteiger partial charge in [0.05, 0.1) is 19.2 Å². The summed E-state index contributed by atoms with van der Waals surface area (Å²) in [7, 11) is -5.53. The van der Waals surface area contributed by atoms with E-state index < -0.39 is 84.4 Å². The summed E-state index contributed by atoms with van der Waals surface area (Å²) in [5.74, 6) is -2.07. The van der Waals surface area contributed by atoms with Crippen molar-refractivity contribution in [1.82, 2.24) is 0 Å². The SMILES string of the molecule is NCCO[C@@H]1O[C@H](CO)[C@H](O)[C@H](O[C@@H]2O[C@H](C(=O)[O-])[C@@H](O)[C@H](OS(=O)(=O)[O-])[C@H]2O)[C@H]1O.[Na+].[Na+]. The fourth-order valence-corrected chi connectivity index (χ4v) is 3.58. The summed E-state index contributed by atoms with van der Waals surface area (Å²) >= 11 is 0. The van der Waals surface area contributed by atoms with Gasteiger partial charge in [-0.1, -0.05) is 0 Å². The van der Waals surface area contributed by atoms with E-state index in [0.29, 0.717) is 0 Å². The van der Waals surface area contributed by atoms with E-state index >= 15 is 0 Å². The molecule has 0 saturated carbocycles. The van der Waals surface area contributed by atoms with Crippen LogP contribution in [0.2, 0.25) is 0 Å². The van der Waals surface area contributed by atoms with Crippen LogP contribution in [0.3, 0.4) is 0 Å². The van der Waals surface area contributed by atoms with Gasteiger partial charge in [0.15, 0.2) is 12.6 Å². The van der Waals surface area contributed by atoms with Crippen LogP contribution in [0.4, 0.5) is 0 Å². The zero-order valence-electron chi connectivity index (χ0n) is 17.7. The van der Waals surface area contributed by atoms with Crippen LogP contribution in [0.25, 0.3) is 0 Å². The van der Waals surface area contributed by atoms with Crippen molar-refractivity contribution >= 4 is 16.4 Å². The summed E-state index contributed by atoms with van der Waals surface area (Å²) in [5, 5.41) is 61.4. The minimum atomic E-state index is -5.53. The van der Waals surface area contributed by atoms with Crippen LogP contribution in [0.1, 0.15) is 0 Å². The third-order valence-corrected chi connectivity index (χ3v) is 4.98. The number of carbonyl (C=O) groups excluding carboxylic acids is 1. The molecular formula is C14H23NNa2O15S. The van der Waals surface area contributed by atoms with Gasteiger partial charge in [0.1, 0.15) is 48.8 Å². The first-order valence-corrected chi connectivity index (χ1v) is 10.2. The fraction of sp³-hybridized carbons (Fsp3) is 0.929. The predicted octanol–water partition coefficient (Wildman–Crippen LogP) is -13.2. The van der Waals surface area contributed by atoms with Crippen LogP contribution < -0.4 is 70.0 Å². The Kier molecular flexibility index (Phi) is 15.0. The van der Waals surface area contributed by atoms with Gasteiger partial charge in [0.25, 0.3) is 0 Å². The van der Waals surface area contributed by atoms with Gasteiger partial charge in [0, 0.05) is 6.54 Å². The minimum Gasteiger partial charge on any atom is -0.726 e. The topological polar surface area (TPSA) is 271 Å². The Balaban J connectivity index is 0.00000512. The number of aliphatic hydroxyl groups excluding tert-OH is 5. The maximum atomic E-state index is 11.2. The van der Waals surface area contributed by atoms with Crippen molar-refractivity contribution < 1.29 is 131 Å². The van der Waals surface area contributed by atoms with Gasteiger partial charge in [0.2, 0.25) is 10.4 Å². The fourth-order valence-electron chi connectivity index (χ4n) is 3.08. The summed E-state index contributed by atoms with van der Waals surface area (Å²) in [6, 6.07) is 0. The second-order valence-electron chi connectivity index (χ2n) is 6.66. The van der Waals surface area contributed by atoms with Gasteiger partial charge in [-0.25, -0.2) is 8.42 Å². The molecule has 19 heteroatoms. The van der Waals surface area contributed by atoms with E-state index in [1.54, 1.807) is 0 Å². The Bertz CT molecular complexity index is 717. The van der Waals surface area contributed by atoms with Gasteiger partial charge in [-0.2, -0.15) is 0 Å². The molecule has 33 heavy (non-hydrogen) atoms. The van der Waals surface area contributed by atoms with E-state index in [9.17, 15) is 48.4 Å². The van der Waals surface area contributed by atoms with Crippen molar-refractivity contribution in [2.45, 2.75) is 61.4 Å². The number of rotatable bonds is 9. The number of carboxylic acids is 1. The molecule has 7 N–H and O–H groups in total. The first-order chi connectivity index (χ1) is 14.4. The Hall–Kier alpha value is 0.940. The number of ether oxygens (including phenoxy) is 4. The van der Waals surface area contributed by atoms with Crippen molar-refractivity contribution in [3.05, 3.63) is 0 Å². The molecule has 0 aromatic carbocycles. The molecule has 2 aliphatic heterocycles. The van der Waals surface area contributed by atoms with E-state index in [-0.39, 0.29) is 72.3 Å². The molecule has 10 atom stereocenters. The van der Waals surface area contributed by atoms with Gasteiger partial charge >= 0.3 is 59.1 Å². The first kappa shape index (κ1) is 33.9. The smallest absolute Gasteiger partial charge is 0.726 e. The normalized spacial score (nSPS) is 39.2. The van der Waals surface area contributed by atoms with Gasteiger partial charge in [-0.3, -0.25) is 4.18 Å². The number of aliphatic carboxylic acids is 1. The number of carbonyl (C=O) groups is 1. The van der Waals surface area contributed by atoms with E-state index in [2.05, 4.69) is 4.18 Å². The number of aliphatic hydroxyl groups is 5. The zero-order chi connectivity index (χ0) is 23.5. The number of hydrogen-bond acceptors (Lipinski definition) is 16. The summed E-state index contributed by atoms with van der Waals surface area (Å²) in [4.78, 5) is 11.2. The second kappa shape index (κ2) is 14.6. The second-order valence-corrected chi connectivity index (χ2v) is 7.67. The summed E-state index contributed by atoms with van der Waals surface area (Å²) in [6.45, 7) is -0.866. The Labute approximate surface area is 232 Å². The summed E-state index contributed by atoms with van der Waals surface area (Å²) < 4.78 is 57.1. The Morgan fingerprint density at radius 1 is 0.970 bits per heavy atom. The molecule has 2 saturated heterocycles. The molecule has 16 nitrogen and oxygen atoms in total. The van der Waals surface area contributed by atoms with Crippen LogP contribution in [0.15, 0.2) is 0 Å². The number of hydrogen-bond donors (Lipinski definition) is 6. The number of nitrogens with two attached hydrogens (primary N) is 1. The van der Waals surface area contributed by atoms with Gasteiger partial charge in [-0.05, 0) is 0 Å². The minimum absolute atomic E-state index is 0. The van der Waals surface area contributed by atoms with Crippen LogP contribution in [0, 0.1) is 0 Å². The zero-order valence-corrected chi connectivity index (χ0v) is 22.5. The standard InChI is InChI=1S/C14H25NO15S.2Na/c15-1-2-26-13-7(19)9(5(17)4(3-16)27-13)28-14-8(20)10(30-31(23,24)25)6(18)11(29-14)12(21)22;;/h4-11,13-14,16-20H,1-3,15H2,(H,21,22)(H,23,24,25);;/q;2*+1/p-2/t4-,5+,6+,7-,8-,9+,10+,11+,13-,14-;;/m1../s1. The molecular weight excluding hydrogens is 500 g/mol. The molecule has 0 spiro atoms. The largest absolute Gasteiger partial charge is 1.00 e. The van der Waals surface area contributed by atoms with E-state index in [1.807, 2.05) is 0 Å². The molecule has 0 amide bonds. The molecule has 2 heterocycles. The molecule has 0 aromatic heterocycles. The third kappa shape index (κ3) is 8.78. The van der Waals surface area contributed by atoms with E-state index in [1.165, 1.54) is 0 Å². The summed E-state index contributed by atoms with van der Waals surface area (Å²) in [5.41, 5.74) is 5.29. The maximum absolute atomic E-state index is 11.2. The van der Waals surface area contributed by atoms with Crippen molar-refractivity contribution in [3.8, 4) is 0 Å².